The highest BCUT2D eigenvalue weighted by molar-refractivity contribution is 7.71. The highest BCUT2D eigenvalue weighted by atomic mass is 35.5. The van der Waals surface area contributed by atoms with Gasteiger partial charge in [0.25, 0.3) is 0 Å². The number of aromatic nitrogens is 3. The van der Waals surface area contributed by atoms with Crippen molar-refractivity contribution >= 4 is 30.0 Å². The van der Waals surface area contributed by atoms with Crippen LogP contribution in [0.4, 0.5) is 8.78 Å². The van der Waals surface area contributed by atoms with Crippen molar-refractivity contribution in [3.8, 4) is 5.75 Å². The molecule has 0 atom stereocenters. The summed E-state index contributed by atoms with van der Waals surface area (Å²) in [6.07, 6.45) is 1.29. The number of benzene rings is 1. The summed E-state index contributed by atoms with van der Waals surface area (Å²) in [4.78, 5) is 0. The van der Waals surface area contributed by atoms with Crippen LogP contribution in [-0.4, -0.2) is 26.2 Å². The molecule has 0 fully saturated rings. The van der Waals surface area contributed by atoms with Crippen molar-refractivity contribution in [2.45, 2.75) is 5.38 Å². The van der Waals surface area contributed by atoms with Gasteiger partial charge in [0, 0.05) is 0 Å². The SMILES string of the molecule is Oc1ccc(/C=N\n2c(C(F)(F)Cl)n[nH]c2=S)cc1. The van der Waals surface area contributed by atoms with Crippen LogP contribution in [0.2, 0.25) is 0 Å². The van der Waals surface area contributed by atoms with Gasteiger partial charge in [-0.25, -0.2) is 5.10 Å². The largest absolute Gasteiger partial charge is 0.508 e. The molecule has 100 valence electrons. The summed E-state index contributed by atoms with van der Waals surface area (Å²) in [7, 11) is 0. The first-order valence-corrected chi connectivity index (χ1v) is 5.74. The average Bonchev–Trinajstić information content (AvgIpc) is 2.70. The highest BCUT2D eigenvalue weighted by Gasteiger charge is 2.34. The molecular formula is C10H7ClF2N4OS. The maximum Gasteiger partial charge on any atom is 0.383 e. The van der Waals surface area contributed by atoms with Crippen LogP contribution in [0.25, 0.3) is 0 Å². The summed E-state index contributed by atoms with van der Waals surface area (Å²) in [5.74, 6) is -0.709. The van der Waals surface area contributed by atoms with E-state index in [-0.39, 0.29) is 10.5 Å². The van der Waals surface area contributed by atoms with E-state index in [0.29, 0.717) is 5.56 Å². The molecule has 0 saturated heterocycles. The zero-order chi connectivity index (χ0) is 14.0. The Labute approximate surface area is 116 Å². The second kappa shape index (κ2) is 5.06. The first-order valence-electron chi connectivity index (χ1n) is 4.96. The van der Waals surface area contributed by atoms with E-state index in [1.165, 1.54) is 18.3 Å². The van der Waals surface area contributed by atoms with E-state index >= 15 is 0 Å². The van der Waals surface area contributed by atoms with Gasteiger partial charge in [-0.2, -0.15) is 18.6 Å². The van der Waals surface area contributed by atoms with Gasteiger partial charge >= 0.3 is 5.38 Å². The van der Waals surface area contributed by atoms with Crippen LogP contribution in [-0.2, 0) is 5.38 Å². The Morgan fingerprint density at radius 1 is 1.42 bits per heavy atom. The number of hydrogen-bond acceptors (Lipinski definition) is 4. The number of aromatic amines is 1. The topological polar surface area (TPSA) is 66.2 Å². The molecule has 0 amide bonds. The number of phenols is 1. The van der Waals surface area contributed by atoms with Crippen molar-refractivity contribution in [3.05, 3.63) is 40.4 Å². The lowest BCUT2D eigenvalue weighted by Crippen LogP contribution is -2.11. The summed E-state index contributed by atoms with van der Waals surface area (Å²) < 4.78 is 26.7. The van der Waals surface area contributed by atoms with Gasteiger partial charge in [0.05, 0.1) is 6.21 Å². The molecule has 1 heterocycles. The molecule has 19 heavy (non-hydrogen) atoms. The zero-order valence-electron chi connectivity index (χ0n) is 9.22. The molecule has 0 aliphatic carbocycles. The lowest BCUT2D eigenvalue weighted by atomic mass is 10.2. The molecule has 0 spiro atoms. The molecule has 9 heteroatoms. The summed E-state index contributed by atoms with van der Waals surface area (Å²) in [6.45, 7) is 0. The Bertz CT molecular complexity index is 659. The fourth-order valence-electron chi connectivity index (χ4n) is 1.27. The summed E-state index contributed by atoms with van der Waals surface area (Å²) >= 11 is 9.67. The Kier molecular flexibility index (Phi) is 3.63. The van der Waals surface area contributed by atoms with E-state index in [4.69, 9.17) is 28.9 Å². The molecule has 2 N–H and O–H groups in total. The Morgan fingerprint density at radius 2 is 2.05 bits per heavy atom. The minimum Gasteiger partial charge on any atom is -0.508 e. The molecule has 0 aliphatic heterocycles. The number of H-pyrrole nitrogens is 1. The number of phenolic OH excluding ortho intramolecular Hbond substituents is 1. The zero-order valence-corrected chi connectivity index (χ0v) is 10.8. The van der Waals surface area contributed by atoms with Gasteiger partial charge in [-0.1, -0.05) is 0 Å². The van der Waals surface area contributed by atoms with Gasteiger partial charge < -0.3 is 5.11 Å². The fraction of sp³-hybridized carbons (Fsp3) is 0.100. The molecule has 0 unspecified atom stereocenters. The van der Waals surface area contributed by atoms with Crippen LogP contribution in [0.1, 0.15) is 11.4 Å². The predicted molar refractivity (Wildman–Crippen MR) is 68.3 cm³/mol. The molecule has 1 aromatic carbocycles. The molecule has 0 aliphatic rings. The number of rotatable bonds is 3. The van der Waals surface area contributed by atoms with Crippen LogP contribution in [0.15, 0.2) is 29.4 Å². The molecular weight excluding hydrogens is 298 g/mol. The molecule has 0 bridgehead atoms. The number of nitrogens with zero attached hydrogens (tertiary/aromatic N) is 3. The monoisotopic (exact) mass is 304 g/mol. The van der Waals surface area contributed by atoms with Gasteiger partial charge in [0.2, 0.25) is 10.6 Å². The highest BCUT2D eigenvalue weighted by Crippen LogP contribution is 2.30. The van der Waals surface area contributed by atoms with Crippen molar-refractivity contribution in [2.75, 3.05) is 0 Å². The standard InChI is InChI=1S/C10H7ClF2N4OS/c11-10(12,13)8-15-16-9(19)17(8)14-5-6-1-3-7(18)4-2-6/h1-5,18H,(H,16,19)/b14-5-. The van der Waals surface area contributed by atoms with E-state index < -0.39 is 11.2 Å². The van der Waals surface area contributed by atoms with Crippen LogP contribution in [0, 0.1) is 4.77 Å². The average molecular weight is 305 g/mol. The van der Waals surface area contributed by atoms with Crippen molar-refractivity contribution < 1.29 is 13.9 Å². The Balaban J connectivity index is 2.36. The number of nitrogens with one attached hydrogen (secondary N) is 1. The predicted octanol–water partition coefficient (Wildman–Crippen LogP) is 2.82. The van der Waals surface area contributed by atoms with Gasteiger partial charge in [0.1, 0.15) is 5.75 Å². The van der Waals surface area contributed by atoms with Crippen LogP contribution < -0.4 is 0 Å². The maximum atomic E-state index is 13.0. The molecule has 5 nitrogen and oxygen atoms in total. The van der Waals surface area contributed by atoms with Gasteiger partial charge in [0.15, 0.2) is 0 Å². The van der Waals surface area contributed by atoms with Gasteiger partial charge in [-0.15, -0.1) is 5.10 Å². The number of aromatic hydroxyl groups is 1. The van der Waals surface area contributed by atoms with Crippen molar-refractivity contribution in [3.63, 3.8) is 0 Å². The normalized spacial score (nSPS) is 12.2. The second-order valence-electron chi connectivity index (χ2n) is 3.50. The molecule has 0 saturated carbocycles. The smallest absolute Gasteiger partial charge is 0.383 e. The maximum absolute atomic E-state index is 13.0. The molecule has 2 aromatic rings. The quantitative estimate of drug-likeness (QED) is 0.520. The van der Waals surface area contributed by atoms with Crippen molar-refractivity contribution in [1.29, 1.82) is 0 Å². The third-order valence-electron chi connectivity index (χ3n) is 2.12. The number of hydrogen-bond donors (Lipinski definition) is 2. The third kappa shape index (κ3) is 3.15. The van der Waals surface area contributed by atoms with Crippen LogP contribution >= 0.6 is 23.8 Å². The Hall–Kier alpha value is -1.80. The van der Waals surface area contributed by atoms with Crippen LogP contribution in [0.3, 0.4) is 0 Å². The van der Waals surface area contributed by atoms with Gasteiger partial charge in [-0.3, -0.25) is 0 Å². The summed E-state index contributed by atoms with van der Waals surface area (Å²) in [5.41, 5.74) is 0.588. The van der Waals surface area contributed by atoms with E-state index in [1.54, 1.807) is 12.1 Å². The lowest BCUT2D eigenvalue weighted by molar-refractivity contribution is 0.0805. The minimum absolute atomic E-state index is 0.0880. The third-order valence-corrected chi connectivity index (χ3v) is 2.55. The fourth-order valence-corrected chi connectivity index (χ4v) is 1.57. The molecule has 2 rings (SSSR count). The van der Waals surface area contributed by atoms with E-state index in [0.717, 1.165) is 4.68 Å². The number of halogens is 3. The van der Waals surface area contributed by atoms with Gasteiger partial charge in [-0.05, 0) is 53.6 Å². The second-order valence-corrected chi connectivity index (χ2v) is 4.36. The molecule has 1 aromatic heterocycles. The summed E-state index contributed by atoms with van der Waals surface area (Å²) in [6, 6.07) is 5.99. The van der Waals surface area contributed by atoms with Crippen LogP contribution in [0.5, 0.6) is 5.75 Å². The van der Waals surface area contributed by atoms with E-state index in [1.807, 2.05) is 0 Å². The molecule has 0 radical (unpaired) electrons. The number of alkyl halides is 3. The van der Waals surface area contributed by atoms with Crippen molar-refractivity contribution in [2.24, 2.45) is 5.10 Å². The van der Waals surface area contributed by atoms with E-state index in [9.17, 15) is 8.78 Å². The summed E-state index contributed by atoms with van der Waals surface area (Å²) in [5, 5.41) is 14.7. The first kappa shape index (κ1) is 13.6. The van der Waals surface area contributed by atoms with Crippen molar-refractivity contribution in [1.82, 2.24) is 14.9 Å². The minimum atomic E-state index is -3.68. The lowest BCUT2D eigenvalue weighted by Gasteiger charge is -2.05. The van der Waals surface area contributed by atoms with E-state index in [2.05, 4.69) is 15.3 Å². The first-order chi connectivity index (χ1) is 8.88. The Morgan fingerprint density at radius 3 is 2.63 bits per heavy atom.